The quantitative estimate of drug-likeness (QED) is 0.768. The van der Waals surface area contributed by atoms with Gasteiger partial charge in [0.1, 0.15) is 12.7 Å². The number of carbonyl (C=O) groups excluding carboxylic acids is 1. The smallest absolute Gasteiger partial charge is 0.361 e. The fraction of sp³-hybridized carbons (Fsp3) is 0.444. The zero-order chi connectivity index (χ0) is 19.2. The first-order valence-electron chi connectivity index (χ1n) is 9.31. The molecule has 2 fully saturated rings. The summed E-state index contributed by atoms with van der Waals surface area (Å²) >= 11 is 0. The predicted octanol–water partition coefficient (Wildman–Crippen LogP) is 0.926. The van der Waals surface area contributed by atoms with Crippen molar-refractivity contribution >= 4 is 17.7 Å². The molecule has 0 spiro atoms. The van der Waals surface area contributed by atoms with Gasteiger partial charge in [0, 0.05) is 26.2 Å². The third-order valence-corrected chi connectivity index (χ3v) is 4.57. The maximum absolute atomic E-state index is 13.8. The molecule has 2 amide bonds. The van der Waals surface area contributed by atoms with E-state index in [0.29, 0.717) is 58.3 Å². The lowest BCUT2D eigenvalue weighted by Crippen LogP contribution is -2.63. The number of hydrogen-bond acceptors (Lipinski definition) is 8. The first kappa shape index (κ1) is 18.7. The van der Waals surface area contributed by atoms with Crippen LogP contribution in [0.3, 0.4) is 0 Å². The van der Waals surface area contributed by atoms with E-state index in [-0.39, 0.29) is 12.0 Å². The van der Waals surface area contributed by atoms with E-state index < -0.39 is 0 Å². The minimum absolute atomic E-state index is 0.249. The standard InChI is InChI=1S/C18H23N7O3/c26-18(24(16-4-2-1-3-5-16)17-20-14-19-15-21-17)25(22-6-10-27-11-7-22)23-8-12-28-13-9-23/h1-5,14-15H,6-13H2. The molecule has 0 atom stereocenters. The van der Waals surface area contributed by atoms with Crippen molar-refractivity contribution in [3.8, 4) is 0 Å². The summed E-state index contributed by atoms with van der Waals surface area (Å²) in [6.45, 7) is 4.81. The molecule has 10 heteroatoms. The number of carbonyl (C=O) groups is 1. The van der Waals surface area contributed by atoms with Crippen LogP contribution in [0.2, 0.25) is 0 Å². The first-order chi connectivity index (χ1) is 13.8. The van der Waals surface area contributed by atoms with E-state index >= 15 is 0 Å². The Kier molecular flexibility index (Phi) is 6.02. The SMILES string of the molecule is O=C(N(c1ccccc1)c1ncncn1)N(N1CCOCC1)N1CCOCC1. The highest BCUT2D eigenvalue weighted by Crippen LogP contribution is 2.25. The summed E-state index contributed by atoms with van der Waals surface area (Å²) < 4.78 is 11.0. The molecule has 1 aromatic carbocycles. The van der Waals surface area contributed by atoms with Gasteiger partial charge in [-0.15, -0.1) is 0 Å². The molecule has 28 heavy (non-hydrogen) atoms. The molecular weight excluding hydrogens is 362 g/mol. The second kappa shape index (κ2) is 9.02. The highest BCUT2D eigenvalue weighted by atomic mass is 16.5. The number of ether oxygens (including phenoxy) is 2. The van der Waals surface area contributed by atoms with Crippen LogP contribution in [0.1, 0.15) is 0 Å². The predicted molar refractivity (Wildman–Crippen MR) is 100 cm³/mol. The van der Waals surface area contributed by atoms with Crippen LogP contribution < -0.4 is 4.90 Å². The van der Waals surface area contributed by atoms with Gasteiger partial charge in [-0.3, -0.25) is 0 Å². The molecule has 1 aromatic heterocycles. The Balaban J connectivity index is 1.70. The first-order valence-corrected chi connectivity index (χ1v) is 9.31. The lowest BCUT2D eigenvalue weighted by Gasteiger charge is -2.45. The van der Waals surface area contributed by atoms with Crippen molar-refractivity contribution in [1.29, 1.82) is 0 Å². The normalized spacial score (nSPS) is 18.6. The molecule has 10 nitrogen and oxygen atoms in total. The van der Waals surface area contributed by atoms with E-state index in [0.717, 1.165) is 0 Å². The number of rotatable bonds is 4. The van der Waals surface area contributed by atoms with Crippen LogP contribution in [-0.2, 0) is 9.47 Å². The van der Waals surface area contributed by atoms with E-state index in [1.54, 1.807) is 5.12 Å². The van der Waals surface area contributed by atoms with E-state index in [4.69, 9.17) is 9.47 Å². The summed E-state index contributed by atoms with van der Waals surface area (Å²) in [7, 11) is 0. The highest BCUT2D eigenvalue weighted by Gasteiger charge is 2.35. The minimum Gasteiger partial charge on any atom is -0.379 e. The molecule has 0 aliphatic carbocycles. The van der Waals surface area contributed by atoms with Gasteiger partial charge in [0.2, 0.25) is 5.95 Å². The molecule has 0 N–H and O–H groups in total. The summed E-state index contributed by atoms with van der Waals surface area (Å²) in [4.78, 5) is 27.7. The lowest BCUT2D eigenvalue weighted by atomic mass is 10.3. The average Bonchev–Trinajstić information content (AvgIpc) is 2.77. The van der Waals surface area contributed by atoms with Gasteiger partial charge in [-0.1, -0.05) is 18.2 Å². The molecule has 0 radical (unpaired) electrons. The fourth-order valence-electron chi connectivity index (χ4n) is 3.23. The molecule has 3 heterocycles. The van der Waals surface area contributed by atoms with E-state index in [1.807, 2.05) is 40.3 Å². The number of morpholine rings is 2. The molecule has 2 aliphatic rings. The Morgan fingerprint density at radius 1 is 0.857 bits per heavy atom. The van der Waals surface area contributed by atoms with E-state index in [1.165, 1.54) is 17.6 Å². The molecule has 2 aliphatic heterocycles. The van der Waals surface area contributed by atoms with Crippen molar-refractivity contribution in [2.24, 2.45) is 0 Å². The second-order valence-electron chi connectivity index (χ2n) is 6.31. The van der Waals surface area contributed by atoms with Gasteiger partial charge in [0.05, 0.1) is 32.1 Å². The Bertz CT molecular complexity index is 695. The number of hydrogen-bond donors (Lipinski definition) is 0. The molecule has 148 valence electrons. The molecule has 0 unspecified atom stereocenters. The zero-order valence-electron chi connectivity index (χ0n) is 15.6. The monoisotopic (exact) mass is 385 g/mol. The third-order valence-electron chi connectivity index (χ3n) is 4.57. The van der Waals surface area contributed by atoms with Crippen molar-refractivity contribution in [3.05, 3.63) is 43.0 Å². The fourth-order valence-corrected chi connectivity index (χ4v) is 3.23. The van der Waals surface area contributed by atoms with Gasteiger partial charge in [-0.05, 0) is 12.1 Å². The van der Waals surface area contributed by atoms with Gasteiger partial charge in [0.25, 0.3) is 0 Å². The Morgan fingerprint density at radius 3 is 1.93 bits per heavy atom. The number of hydrazine groups is 2. The summed E-state index contributed by atoms with van der Waals surface area (Å²) in [5.74, 6) is 0.276. The number of benzene rings is 1. The van der Waals surface area contributed by atoms with Crippen LogP contribution in [0, 0.1) is 0 Å². The van der Waals surface area contributed by atoms with Gasteiger partial charge in [-0.25, -0.2) is 24.6 Å². The Morgan fingerprint density at radius 2 is 1.39 bits per heavy atom. The topological polar surface area (TPSA) is 87.2 Å². The number of nitrogens with zero attached hydrogens (tertiary/aromatic N) is 7. The summed E-state index contributed by atoms with van der Waals surface area (Å²) in [5, 5.41) is 5.71. The van der Waals surface area contributed by atoms with Crippen molar-refractivity contribution in [1.82, 2.24) is 30.1 Å². The summed E-state index contributed by atoms with van der Waals surface area (Å²) in [5.41, 5.74) is 0.685. The van der Waals surface area contributed by atoms with Crippen LogP contribution in [0.4, 0.5) is 16.4 Å². The molecule has 0 bridgehead atoms. The molecule has 0 saturated carbocycles. The van der Waals surface area contributed by atoms with Crippen molar-refractivity contribution < 1.29 is 14.3 Å². The number of urea groups is 1. The van der Waals surface area contributed by atoms with Gasteiger partial charge in [-0.2, -0.15) is 15.1 Å². The molecule has 2 aromatic rings. The van der Waals surface area contributed by atoms with Crippen LogP contribution in [-0.4, -0.2) is 88.7 Å². The summed E-state index contributed by atoms with van der Waals surface area (Å²) in [6, 6.07) is 9.13. The van der Waals surface area contributed by atoms with Crippen LogP contribution >= 0.6 is 0 Å². The van der Waals surface area contributed by atoms with Gasteiger partial charge < -0.3 is 9.47 Å². The average molecular weight is 385 g/mol. The van der Waals surface area contributed by atoms with E-state index in [9.17, 15) is 4.79 Å². The minimum atomic E-state index is -0.249. The van der Waals surface area contributed by atoms with E-state index in [2.05, 4.69) is 15.0 Å². The van der Waals surface area contributed by atoms with Gasteiger partial charge in [0.15, 0.2) is 0 Å². The maximum atomic E-state index is 13.8. The van der Waals surface area contributed by atoms with Crippen molar-refractivity contribution in [3.63, 3.8) is 0 Å². The van der Waals surface area contributed by atoms with Crippen LogP contribution in [0.15, 0.2) is 43.0 Å². The van der Waals surface area contributed by atoms with Crippen LogP contribution in [0.25, 0.3) is 0 Å². The van der Waals surface area contributed by atoms with Gasteiger partial charge >= 0.3 is 6.03 Å². The summed E-state index contributed by atoms with van der Waals surface area (Å²) in [6.07, 6.45) is 2.78. The van der Waals surface area contributed by atoms with Crippen molar-refractivity contribution in [2.75, 3.05) is 57.5 Å². The Hall–Kier alpha value is -2.66. The maximum Gasteiger partial charge on any atom is 0.361 e. The van der Waals surface area contributed by atoms with Crippen molar-refractivity contribution in [2.45, 2.75) is 0 Å². The third kappa shape index (κ3) is 4.09. The number of amides is 2. The van der Waals surface area contributed by atoms with Crippen LogP contribution in [0.5, 0.6) is 0 Å². The lowest BCUT2D eigenvalue weighted by molar-refractivity contribution is -0.189. The second-order valence-corrected chi connectivity index (χ2v) is 6.31. The number of para-hydroxylation sites is 1. The molecular formula is C18H23N7O3. The highest BCUT2D eigenvalue weighted by molar-refractivity contribution is 5.97. The zero-order valence-corrected chi connectivity index (χ0v) is 15.6. The number of aromatic nitrogens is 3. The molecule has 4 rings (SSSR count). The largest absolute Gasteiger partial charge is 0.379 e. The Labute approximate surface area is 163 Å². The molecule has 2 saturated heterocycles. The number of anilines is 2.